The highest BCUT2D eigenvalue weighted by atomic mass is 16.6. The predicted octanol–water partition coefficient (Wildman–Crippen LogP) is 1.38. The van der Waals surface area contributed by atoms with Gasteiger partial charge in [0.15, 0.2) is 12.2 Å². The molecule has 2 aromatic carbocycles. The number of phenols is 2. The highest BCUT2D eigenvalue weighted by Crippen LogP contribution is 2.46. The Morgan fingerprint density at radius 1 is 1.05 bits per heavy atom. The van der Waals surface area contributed by atoms with Crippen molar-refractivity contribution in [2.45, 2.75) is 18.0 Å². The number of benzene rings is 2. The first-order chi connectivity index (χ1) is 10.5. The van der Waals surface area contributed by atoms with E-state index in [4.69, 9.17) is 9.47 Å². The molecule has 0 aliphatic carbocycles. The van der Waals surface area contributed by atoms with E-state index in [1.807, 2.05) is 0 Å². The third-order valence-corrected chi connectivity index (χ3v) is 3.83. The number of hydrogen-bond acceptors (Lipinski definition) is 6. The molecule has 3 rings (SSSR count). The molecule has 6 nitrogen and oxygen atoms in total. The van der Waals surface area contributed by atoms with Gasteiger partial charge >= 0.3 is 0 Å². The summed E-state index contributed by atoms with van der Waals surface area (Å²) in [6.45, 7) is 0. The number of rotatable bonds is 2. The van der Waals surface area contributed by atoms with Crippen LogP contribution in [0.25, 0.3) is 0 Å². The quantitative estimate of drug-likeness (QED) is 0.626. The van der Waals surface area contributed by atoms with Gasteiger partial charge in [-0.15, -0.1) is 0 Å². The molecule has 0 fully saturated rings. The number of hydrogen-bond donors (Lipinski definition) is 4. The van der Waals surface area contributed by atoms with E-state index < -0.39 is 18.0 Å². The van der Waals surface area contributed by atoms with Crippen molar-refractivity contribution in [3.05, 3.63) is 53.6 Å². The molecule has 0 unspecified atom stereocenters. The Morgan fingerprint density at radius 2 is 1.68 bits per heavy atom. The highest BCUT2D eigenvalue weighted by molar-refractivity contribution is 5.46. The maximum atomic E-state index is 10.7. The van der Waals surface area contributed by atoms with Gasteiger partial charge in [-0.3, -0.25) is 0 Å². The van der Waals surface area contributed by atoms with E-state index in [1.54, 1.807) is 12.1 Å². The van der Waals surface area contributed by atoms with Gasteiger partial charge in [0.2, 0.25) is 5.79 Å². The molecule has 0 aromatic heterocycles. The first kappa shape index (κ1) is 14.6. The fourth-order valence-corrected chi connectivity index (χ4v) is 2.62. The summed E-state index contributed by atoms with van der Waals surface area (Å²) in [5.74, 6) is -1.70. The van der Waals surface area contributed by atoms with Crippen LogP contribution in [0.3, 0.4) is 0 Å². The lowest BCUT2D eigenvalue weighted by Gasteiger charge is -2.41. The van der Waals surface area contributed by atoms with Crippen LogP contribution < -0.4 is 4.74 Å². The molecule has 116 valence electrons. The zero-order valence-corrected chi connectivity index (χ0v) is 11.8. The second-order valence-corrected chi connectivity index (χ2v) is 5.16. The molecule has 1 aliphatic rings. The van der Waals surface area contributed by atoms with Crippen molar-refractivity contribution >= 4 is 0 Å². The predicted molar refractivity (Wildman–Crippen MR) is 76.5 cm³/mol. The van der Waals surface area contributed by atoms with Gasteiger partial charge in [0.25, 0.3) is 0 Å². The van der Waals surface area contributed by atoms with Crippen LogP contribution in [0.5, 0.6) is 17.2 Å². The summed E-state index contributed by atoms with van der Waals surface area (Å²) < 4.78 is 10.8. The molecule has 0 saturated heterocycles. The fourth-order valence-electron chi connectivity index (χ4n) is 2.62. The van der Waals surface area contributed by atoms with Crippen molar-refractivity contribution in [1.82, 2.24) is 0 Å². The van der Waals surface area contributed by atoms with Crippen molar-refractivity contribution in [3.8, 4) is 17.2 Å². The normalized spacial score (nSPS) is 27.0. The molecule has 0 amide bonds. The van der Waals surface area contributed by atoms with Crippen molar-refractivity contribution in [2.75, 3.05) is 7.11 Å². The van der Waals surface area contributed by atoms with Gasteiger partial charge in [-0.1, -0.05) is 12.1 Å². The Kier molecular flexibility index (Phi) is 3.44. The summed E-state index contributed by atoms with van der Waals surface area (Å²) in [5, 5.41) is 40.1. The summed E-state index contributed by atoms with van der Waals surface area (Å²) >= 11 is 0. The molecule has 3 atom stereocenters. The smallest absolute Gasteiger partial charge is 0.226 e. The van der Waals surface area contributed by atoms with E-state index in [-0.39, 0.29) is 22.8 Å². The molecule has 22 heavy (non-hydrogen) atoms. The van der Waals surface area contributed by atoms with Gasteiger partial charge in [-0.05, 0) is 29.8 Å². The van der Waals surface area contributed by atoms with Crippen LogP contribution in [-0.2, 0) is 10.5 Å². The Hall–Kier alpha value is -2.28. The van der Waals surface area contributed by atoms with Crippen LogP contribution >= 0.6 is 0 Å². The van der Waals surface area contributed by atoms with Crippen LogP contribution in [0.4, 0.5) is 0 Å². The topological polar surface area (TPSA) is 99.4 Å². The van der Waals surface area contributed by atoms with E-state index in [0.717, 1.165) is 0 Å². The van der Waals surface area contributed by atoms with Gasteiger partial charge < -0.3 is 29.9 Å². The molecular weight excluding hydrogens is 288 g/mol. The second-order valence-electron chi connectivity index (χ2n) is 5.16. The van der Waals surface area contributed by atoms with Gasteiger partial charge in [0, 0.05) is 13.2 Å². The Morgan fingerprint density at radius 3 is 2.32 bits per heavy atom. The largest absolute Gasteiger partial charge is 0.508 e. The van der Waals surface area contributed by atoms with Crippen molar-refractivity contribution in [3.63, 3.8) is 0 Å². The van der Waals surface area contributed by atoms with E-state index in [9.17, 15) is 20.4 Å². The number of aliphatic hydroxyl groups excluding tert-OH is 1. The number of phenolic OH excluding ortho intramolecular Hbond substituents is 2. The van der Waals surface area contributed by atoms with Gasteiger partial charge in [-0.2, -0.15) is 0 Å². The minimum Gasteiger partial charge on any atom is -0.508 e. The first-order valence-electron chi connectivity index (χ1n) is 6.70. The molecule has 2 aromatic rings. The van der Waals surface area contributed by atoms with E-state index in [1.165, 1.54) is 37.4 Å². The average Bonchev–Trinajstić information content (AvgIpc) is 2.51. The molecule has 0 radical (unpaired) electrons. The fraction of sp³-hybridized carbons (Fsp3) is 0.250. The van der Waals surface area contributed by atoms with Crippen LogP contribution in [0.15, 0.2) is 42.5 Å². The van der Waals surface area contributed by atoms with Crippen molar-refractivity contribution in [1.29, 1.82) is 0 Å². The summed E-state index contributed by atoms with van der Waals surface area (Å²) in [6, 6.07) is 10.2. The zero-order valence-electron chi connectivity index (χ0n) is 11.8. The van der Waals surface area contributed by atoms with Crippen LogP contribution in [0, 0.1) is 0 Å². The summed E-state index contributed by atoms with van der Waals surface area (Å²) in [6.07, 6.45) is -2.31. The number of aliphatic hydroxyl groups is 2. The van der Waals surface area contributed by atoms with Gasteiger partial charge in [0.05, 0.1) is 5.56 Å². The number of ether oxygens (including phenoxy) is 2. The third kappa shape index (κ3) is 2.18. The van der Waals surface area contributed by atoms with Gasteiger partial charge in [0.1, 0.15) is 17.2 Å². The zero-order chi connectivity index (χ0) is 15.9. The highest BCUT2D eigenvalue weighted by Gasteiger charge is 2.50. The number of aromatic hydroxyl groups is 2. The Balaban J connectivity index is 2.10. The Labute approximate surface area is 126 Å². The molecule has 0 saturated carbocycles. The van der Waals surface area contributed by atoms with Crippen molar-refractivity contribution < 1.29 is 29.9 Å². The lowest BCUT2D eigenvalue weighted by atomic mass is 9.89. The molecule has 1 aliphatic heterocycles. The van der Waals surface area contributed by atoms with Crippen molar-refractivity contribution in [2.24, 2.45) is 0 Å². The standard InChI is InChI=1S/C16H16O6/c1-21-16(20)12-7-6-11(18)8-13(12)22-14(15(16)19)9-2-4-10(17)5-3-9/h2-8,14-15,17-20H,1H3/t14-,15+,16+/m0/s1. The summed E-state index contributed by atoms with van der Waals surface area (Å²) in [7, 11) is 1.28. The minimum absolute atomic E-state index is 0.0296. The van der Waals surface area contributed by atoms with E-state index in [2.05, 4.69) is 0 Å². The average molecular weight is 304 g/mol. The molecule has 6 heteroatoms. The summed E-state index contributed by atoms with van der Waals surface area (Å²) in [5.41, 5.74) is 0.782. The molecule has 4 N–H and O–H groups in total. The van der Waals surface area contributed by atoms with Crippen LogP contribution in [-0.4, -0.2) is 33.6 Å². The number of methoxy groups -OCH3 is 1. The molecule has 0 bridgehead atoms. The minimum atomic E-state index is -1.97. The lowest BCUT2D eigenvalue weighted by molar-refractivity contribution is -0.280. The van der Waals surface area contributed by atoms with E-state index in [0.29, 0.717) is 5.56 Å². The summed E-state index contributed by atoms with van der Waals surface area (Å²) in [4.78, 5) is 0. The van der Waals surface area contributed by atoms with Gasteiger partial charge in [-0.25, -0.2) is 0 Å². The first-order valence-corrected chi connectivity index (χ1v) is 6.70. The molecule has 0 spiro atoms. The van der Waals surface area contributed by atoms with Crippen LogP contribution in [0.2, 0.25) is 0 Å². The number of fused-ring (bicyclic) bond motifs is 1. The Bertz CT molecular complexity index is 684. The third-order valence-electron chi connectivity index (χ3n) is 3.83. The second kappa shape index (κ2) is 5.17. The van der Waals surface area contributed by atoms with E-state index >= 15 is 0 Å². The maximum absolute atomic E-state index is 10.7. The molecular formula is C16H16O6. The monoisotopic (exact) mass is 304 g/mol. The lowest BCUT2D eigenvalue weighted by Crippen LogP contribution is -2.49. The van der Waals surface area contributed by atoms with Crippen LogP contribution in [0.1, 0.15) is 17.2 Å². The maximum Gasteiger partial charge on any atom is 0.226 e. The molecule has 1 heterocycles. The SMILES string of the molecule is CO[C@]1(O)c2ccc(O)cc2O[C@@H](c2ccc(O)cc2)[C@H]1O.